The summed E-state index contributed by atoms with van der Waals surface area (Å²) < 4.78 is 10.4. The second kappa shape index (κ2) is 18.6. The van der Waals surface area contributed by atoms with E-state index in [1.807, 2.05) is 0 Å². The van der Waals surface area contributed by atoms with E-state index in [1.165, 1.54) is 64.2 Å². The highest BCUT2D eigenvalue weighted by atomic mass is 16.7. The number of ether oxygens (including phenoxy) is 2. The Kier molecular flexibility index (Phi) is 18.0. The van der Waals surface area contributed by atoms with Gasteiger partial charge in [-0.3, -0.25) is 0 Å². The molecular weight excluding hydrogens is 300 g/mol. The Morgan fingerprint density at radius 1 is 0.708 bits per heavy atom. The average molecular weight is 343 g/mol. The molecular formula is C21H42O3. The van der Waals surface area contributed by atoms with Crippen molar-refractivity contribution in [2.45, 2.75) is 111 Å². The summed E-state index contributed by atoms with van der Waals surface area (Å²) in [7, 11) is 0. The van der Waals surface area contributed by atoms with Crippen molar-refractivity contribution < 1.29 is 14.3 Å². The first-order chi connectivity index (χ1) is 11.7. The zero-order chi connectivity index (χ0) is 17.9. The molecule has 0 aromatic heterocycles. The van der Waals surface area contributed by atoms with Crippen molar-refractivity contribution in [1.82, 2.24) is 0 Å². The van der Waals surface area contributed by atoms with Gasteiger partial charge in [-0.1, -0.05) is 97.8 Å². The van der Waals surface area contributed by atoms with Gasteiger partial charge in [-0.05, 0) is 18.8 Å². The highest BCUT2D eigenvalue weighted by molar-refractivity contribution is 5.59. The van der Waals surface area contributed by atoms with E-state index in [1.54, 1.807) is 0 Å². The molecule has 0 fully saturated rings. The molecule has 1 atom stereocenters. The van der Waals surface area contributed by atoms with Crippen molar-refractivity contribution in [3.05, 3.63) is 0 Å². The van der Waals surface area contributed by atoms with E-state index in [2.05, 4.69) is 20.8 Å². The van der Waals surface area contributed by atoms with Crippen LogP contribution in [-0.2, 0) is 9.47 Å². The smallest absolute Gasteiger partial charge is 0.434 e. The standard InChI is InChI=1S/C21H42O3/c1-4-7-9-10-11-12-13-14-15-16-18-23-21(22)24-19-20(6-3)17-8-5-2/h20H,4-19H2,1-3H3. The molecule has 0 aliphatic carbocycles. The van der Waals surface area contributed by atoms with E-state index in [4.69, 9.17) is 9.47 Å². The minimum atomic E-state index is -0.485. The number of unbranched alkanes of at least 4 members (excludes halogenated alkanes) is 10. The third-order valence-electron chi connectivity index (χ3n) is 4.70. The van der Waals surface area contributed by atoms with E-state index in [0.717, 1.165) is 25.7 Å². The van der Waals surface area contributed by atoms with Gasteiger partial charge in [-0.25, -0.2) is 4.79 Å². The van der Waals surface area contributed by atoms with Gasteiger partial charge in [0.25, 0.3) is 0 Å². The topological polar surface area (TPSA) is 35.5 Å². The van der Waals surface area contributed by atoms with E-state index < -0.39 is 6.16 Å². The molecule has 1 unspecified atom stereocenters. The fourth-order valence-electron chi connectivity index (χ4n) is 2.87. The highest BCUT2D eigenvalue weighted by Crippen LogP contribution is 2.13. The maximum Gasteiger partial charge on any atom is 0.508 e. The lowest BCUT2D eigenvalue weighted by atomic mass is 10.0. The number of carbonyl (C=O) groups excluding carboxylic acids is 1. The first kappa shape index (κ1) is 23.3. The van der Waals surface area contributed by atoms with Gasteiger partial charge in [0.15, 0.2) is 0 Å². The van der Waals surface area contributed by atoms with E-state index in [0.29, 0.717) is 19.1 Å². The van der Waals surface area contributed by atoms with E-state index in [-0.39, 0.29) is 0 Å². The molecule has 24 heavy (non-hydrogen) atoms. The molecule has 3 heteroatoms. The number of hydrogen-bond acceptors (Lipinski definition) is 3. The fourth-order valence-corrected chi connectivity index (χ4v) is 2.87. The molecule has 0 saturated heterocycles. The van der Waals surface area contributed by atoms with Crippen LogP contribution >= 0.6 is 0 Å². The van der Waals surface area contributed by atoms with Crippen LogP contribution in [0.3, 0.4) is 0 Å². The Bertz CT molecular complexity index is 266. The summed E-state index contributed by atoms with van der Waals surface area (Å²) in [5.41, 5.74) is 0. The highest BCUT2D eigenvalue weighted by Gasteiger charge is 2.10. The van der Waals surface area contributed by atoms with Crippen LogP contribution in [0, 0.1) is 5.92 Å². The molecule has 0 rings (SSSR count). The lowest BCUT2D eigenvalue weighted by molar-refractivity contribution is 0.0415. The predicted molar refractivity (Wildman–Crippen MR) is 102 cm³/mol. The van der Waals surface area contributed by atoms with Crippen molar-refractivity contribution in [3.8, 4) is 0 Å². The molecule has 0 bridgehead atoms. The normalized spacial score (nSPS) is 12.1. The quantitative estimate of drug-likeness (QED) is 0.206. The van der Waals surface area contributed by atoms with Crippen molar-refractivity contribution in [2.75, 3.05) is 13.2 Å². The minimum Gasteiger partial charge on any atom is -0.434 e. The zero-order valence-electron chi connectivity index (χ0n) is 16.6. The summed E-state index contributed by atoms with van der Waals surface area (Å²) in [5.74, 6) is 0.481. The molecule has 0 saturated carbocycles. The summed E-state index contributed by atoms with van der Waals surface area (Å²) in [6, 6.07) is 0. The van der Waals surface area contributed by atoms with Crippen LogP contribution in [0.1, 0.15) is 111 Å². The summed E-state index contributed by atoms with van der Waals surface area (Å²) in [5, 5.41) is 0. The Morgan fingerprint density at radius 3 is 1.79 bits per heavy atom. The molecule has 0 aromatic rings. The predicted octanol–water partition coefficient (Wildman–Crippen LogP) is 7.28. The number of carbonyl (C=O) groups is 1. The van der Waals surface area contributed by atoms with Crippen LogP contribution < -0.4 is 0 Å². The third kappa shape index (κ3) is 16.1. The van der Waals surface area contributed by atoms with Gasteiger partial charge in [0.2, 0.25) is 0 Å². The second-order valence-corrected chi connectivity index (χ2v) is 7.01. The van der Waals surface area contributed by atoms with Gasteiger partial charge in [0, 0.05) is 0 Å². The van der Waals surface area contributed by atoms with E-state index >= 15 is 0 Å². The maximum absolute atomic E-state index is 11.6. The van der Waals surface area contributed by atoms with Crippen LogP contribution in [-0.4, -0.2) is 19.4 Å². The SMILES string of the molecule is CCCCCCCCCCCCOC(=O)OCC(CC)CCCC. The fraction of sp³-hybridized carbons (Fsp3) is 0.952. The molecule has 0 aromatic carbocycles. The largest absolute Gasteiger partial charge is 0.508 e. The van der Waals surface area contributed by atoms with Gasteiger partial charge in [-0.15, -0.1) is 0 Å². The summed E-state index contributed by atoms with van der Waals surface area (Å²) in [6.07, 6.45) is 17.0. The Labute approximate surface area is 150 Å². The van der Waals surface area contributed by atoms with Gasteiger partial charge < -0.3 is 9.47 Å². The molecule has 3 nitrogen and oxygen atoms in total. The van der Waals surface area contributed by atoms with Crippen molar-refractivity contribution in [1.29, 1.82) is 0 Å². The van der Waals surface area contributed by atoms with Gasteiger partial charge >= 0.3 is 6.16 Å². The van der Waals surface area contributed by atoms with Crippen molar-refractivity contribution in [2.24, 2.45) is 5.92 Å². The average Bonchev–Trinajstić information content (AvgIpc) is 2.59. The zero-order valence-corrected chi connectivity index (χ0v) is 16.6. The van der Waals surface area contributed by atoms with E-state index in [9.17, 15) is 4.79 Å². The Balaban J connectivity index is 3.33. The Morgan fingerprint density at radius 2 is 1.25 bits per heavy atom. The van der Waals surface area contributed by atoms with Crippen LogP contribution in [0.25, 0.3) is 0 Å². The Hall–Kier alpha value is -0.730. The van der Waals surface area contributed by atoms with Crippen LogP contribution in [0.5, 0.6) is 0 Å². The molecule has 0 heterocycles. The lowest BCUT2D eigenvalue weighted by Gasteiger charge is -2.14. The molecule has 0 spiro atoms. The summed E-state index contributed by atoms with van der Waals surface area (Å²) in [6.45, 7) is 7.61. The third-order valence-corrected chi connectivity index (χ3v) is 4.70. The van der Waals surface area contributed by atoms with Gasteiger partial charge in [0.05, 0.1) is 13.2 Å². The van der Waals surface area contributed by atoms with Gasteiger partial charge in [-0.2, -0.15) is 0 Å². The maximum atomic E-state index is 11.6. The van der Waals surface area contributed by atoms with Gasteiger partial charge in [0.1, 0.15) is 0 Å². The molecule has 0 aliphatic heterocycles. The molecule has 0 N–H and O–H groups in total. The van der Waals surface area contributed by atoms with Crippen LogP contribution in [0.4, 0.5) is 4.79 Å². The van der Waals surface area contributed by atoms with Crippen molar-refractivity contribution in [3.63, 3.8) is 0 Å². The monoisotopic (exact) mass is 342 g/mol. The number of rotatable bonds is 17. The van der Waals surface area contributed by atoms with Crippen LogP contribution in [0.15, 0.2) is 0 Å². The van der Waals surface area contributed by atoms with Crippen molar-refractivity contribution >= 4 is 6.16 Å². The molecule has 144 valence electrons. The lowest BCUT2D eigenvalue weighted by Crippen LogP contribution is -2.15. The second-order valence-electron chi connectivity index (χ2n) is 7.01. The number of hydrogen-bond donors (Lipinski definition) is 0. The molecule has 0 aliphatic rings. The van der Waals surface area contributed by atoms with Crippen LogP contribution in [0.2, 0.25) is 0 Å². The first-order valence-electron chi connectivity index (χ1n) is 10.5. The molecule has 0 radical (unpaired) electrons. The minimum absolute atomic E-state index is 0.481. The first-order valence-corrected chi connectivity index (χ1v) is 10.5. The molecule has 0 amide bonds. The summed E-state index contributed by atoms with van der Waals surface area (Å²) >= 11 is 0. The summed E-state index contributed by atoms with van der Waals surface area (Å²) in [4.78, 5) is 11.6.